The van der Waals surface area contributed by atoms with E-state index in [1.54, 1.807) is 4.68 Å². The van der Waals surface area contributed by atoms with E-state index in [-0.39, 0.29) is 11.9 Å². The Balaban J connectivity index is 1.67. The van der Waals surface area contributed by atoms with Crippen molar-refractivity contribution in [2.45, 2.75) is 32.2 Å². The molecule has 1 atom stereocenters. The number of rotatable bonds is 4. The number of carbonyl (C=O) groups is 1. The minimum Gasteiger partial charge on any atom is -0.322 e. The third-order valence-electron chi connectivity index (χ3n) is 4.28. The first-order chi connectivity index (χ1) is 11.1. The van der Waals surface area contributed by atoms with Crippen molar-refractivity contribution in [3.63, 3.8) is 0 Å². The van der Waals surface area contributed by atoms with Gasteiger partial charge in [0.05, 0.1) is 29.7 Å². The number of pyridine rings is 1. The zero-order valence-corrected chi connectivity index (χ0v) is 13.7. The lowest BCUT2D eigenvalue weighted by molar-refractivity contribution is -0.118. The molecule has 1 aliphatic heterocycles. The number of amides is 1. The van der Waals surface area contributed by atoms with Crippen LogP contribution in [0, 0.1) is 6.92 Å². The van der Waals surface area contributed by atoms with E-state index in [2.05, 4.69) is 20.3 Å². The van der Waals surface area contributed by atoms with E-state index in [0.29, 0.717) is 6.54 Å². The fourth-order valence-corrected chi connectivity index (χ4v) is 3.18. The van der Waals surface area contributed by atoms with Crippen molar-refractivity contribution >= 4 is 11.6 Å². The number of hydrogen-bond acceptors (Lipinski definition) is 4. The van der Waals surface area contributed by atoms with Gasteiger partial charge in [0.1, 0.15) is 0 Å². The minimum absolute atomic E-state index is 0.00364. The zero-order valence-electron chi connectivity index (χ0n) is 13.7. The molecule has 0 bridgehead atoms. The summed E-state index contributed by atoms with van der Waals surface area (Å²) in [6.45, 7) is 3.21. The van der Waals surface area contributed by atoms with Crippen molar-refractivity contribution in [1.29, 1.82) is 0 Å². The van der Waals surface area contributed by atoms with Gasteiger partial charge < -0.3 is 5.32 Å². The van der Waals surface area contributed by atoms with Crippen LogP contribution in [0.4, 0.5) is 5.69 Å². The van der Waals surface area contributed by atoms with Crippen LogP contribution in [0.1, 0.15) is 36.7 Å². The Kier molecular flexibility index (Phi) is 4.71. The molecule has 0 aliphatic carbocycles. The van der Waals surface area contributed by atoms with Gasteiger partial charge in [-0.2, -0.15) is 5.10 Å². The van der Waals surface area contributed by atoms with Crippen LogP contribution >= 0.6 is 0 Å². The molecule has 0 aromatic carbocycles. The maximum absolute atomic E-state index is 12.4. The Morgan fingerprint density at radius 3 is 2.96 bits per heavy atom. The molecular weight excluding hydrogens is 290 g/mol. The summed E-state index contributed by atoms with van der Waals surface area (Å²) in [7, 11) is 1.85. The number of likely N-dealkylation sites (tertiary alicyclic amines) is 1. The summed E-state index contributed by atoms with van der Waals surface area (Å²) in [5.41, 5.74) is 2.67. The van der Waals surface area contributed by atoms with Crippen molar-refractivity contribution in [3.8, 4) is 0 Å². The summed E-state index contributed by atoms with van der Waals surface area (Å²) in [6, 6.07) is 6.21. The minimum atomic E-state index is 0.00364. The van der Waals surface area contributed by atoms with Gasteiger partial charge in [-0.1, -0.05) is 12.5 Å². The molecule has 2 aromatic heterocycles. The average Bonchev–Trinajstić information content (AvgIpc) is 2.86. The molecule has 1 amide bonds. The summed E-state index contributed by atoms with van der Waals surface area (Å²) >= 11 is 0. The fourth-order valence-electron chi connectivity index (χ4n) is 3.18. The third-order valence-corrected chi connectivity index (χ3v) is 4.28. The zero-order chi connectivity index (χ0) is 16.2. The standard InChI is InChI=1S/C17H23N5O/c1-13-15(11-21(2)20-13)19-17(23)12-22-10-6-4-8-16(22)14-7-3-5-9-18-14/h3,5,7,9,11,16H,4,6,8,10,12H2,1-2H3,(H,19,23)/t16-/m1/s1. The molecule has 1 fully saturated rings. The topological polar surface area (TPSA) is 63.1 Å². The average molecular weight is 313 g/mol. The molecular formula is C17H23N5O. The monoisotopic (exact) mass is 313 g/mol. The highest BCUT2D eigenvalue weighted by molar-refractivity contribution is 5.92. The quantitative estimate of drug-likeness (QED) is 0.940. The molecule has 1 saturated heterocycles. The third kappa shape index (κ3) is 3.76. The lowest BCUT2D eigenvalue weighted by Crippen LogP contribution is -2.39. The van der Waals surface area contributed by atoms with E-state index in [4.69, 9.17) is 0 Å². The number of hydrogen-bond donors (Lipinski definition) is 1. The molecule has 0 spiro atoms. The number of aryl methyl sites for hydroxylation is 2. The Bertz CT molecular complexity index is 667. The molecule has 3 rings (SSSR count). The van der Waals surface area contributed by atoms with Crippen LogP contribution < -0.4 is 5.32 Å². The molecule has 2 aromatic rings. The van der Waals surface area contributed by atoms with Gasteiger partial charge in [-0.25, -0.2) is 0 Å². The smallest absolute Gasteiger partial charge is 0.238 e. The van der Waals surface area contributed by atoms with Crippen LogP contribution in [0.3, 0.4) is 0 Å². The van der Waals surface area contributed by atoms with Crippen LogP contribution in [0.5, 0.6) is 0 Å². The molecule has 0 radical (unpaired) electrons. The Morgan fingerprint density at radius 2 is 2.26 bits per heavy atom. The maximum Gasteiger partial charge on any atom is 0.238 e. The van der Waals surface area contributed by atoms with E-state index in [9.17, 15) is 4.79 Å². The van der Waals surface area contributed by atoms with Crippen molar-refractivity contribution in [2.75, 3.05) is 18.4 Å². The Hall–Kier alpha value is -2.21. The largest absolute Gasteiger partial charge is 0.322 e. The van der Waals surface area contributed by atoms with Gasteiger partial charge in [-0.15, -0.1) is 0 Å². The first-order valence-electron chi connectivity index (χ1n) is 8.08. The number of piperidine rings is 1. The first kappa shape index (κ1) is 15.7. The highest BCUT2D eigenvalue weighted by Gasteiger charge is 2.26. The maximum atomic E-state index is 12.4. The number of nitrogens with one attached hydrogen (secondary N) is 1. The van der Waals surface area contributed by atoms with Crippen LogP contribution in [-0.2, 0) is 11.8 Å². The lowest BCUT2D eigenvalue weighted by Gasteiger charge is -2.34. The Morgan fingerprint density at radius 1 is 1.39 bits per heavy atom. The van der Waals surface area contributed by atoms with Gasteiger partial charge in [0.15, 0.2) is 0 Å². The number of nitrogens with zero attached hydrogens (tertiary/aromatic N) is 4. The van der Waals surface area contributed by atoms with Gasteiger partial charge in [-0.05, 0) is 38.4 Å². The molecule has 1 N–H and O–H groups in total. The second-order valence-electron chi connectivity index (χ2n) is 6.09. The van der Waals surface area contributed by atoms with E-state index in [1.807, 2.05) is 44.6 Å². The van der Waals surface area contributed by atoms with Crippen LogP contribution in [0.2, 0.25) is 0 Å². The molecule has 23 heavy (non-hydrogen) atoms. The predicted molar refractivity (Wildman–Crippen MR) is 89.0 cm³/mol. The summed E-state index contributed by atoms with van der Waals surface area (Å²) < 4.78 is 1.71. The van der Waals surface area contributed by atoms with Crippen molar-refractivity contribution in [3.05, 3.63) is 42.0 Å². The Labute approximate surface area is 136 Å². The van der Waals surface area contributed by atoms with Crippen LogP contribution in [0.25, 0.3) is 0 Å². The number of aromatic nitrogens is 3. The summed E-state index contributed by atoms with van der Waals surface area (Å²) in [5, 5.41) is 7.22. The van der Waals surface area contributed by atoms with E-state index < -0.39 is 0 Å². The highest BCUT2D eigenvalue weighted by Crippen LogP contribution is 2.29. The van der Waals surface area contributed by atoms with E-state index in [0.717, 1.165) is 36.5 Å². The first-order valence-corrected chi connectivity index (χ1v) is 8.08. The van der Waals surface area contributed by atoms with Gasteiger partial charge in [0.2, 0.25) is 5.91 Å². The molecule has 122 valence electrons. The second-order valence-corrected chi connectivity index (χ2v) is 6.09. The molecule has 6 nitrogen and oxygen atoms in total. The molecule has 6 heteroatoms. The van der Waals surface area contributed by atoms with Crippen LogP contribution in [0.15, 0.2) is 30.6 Å². The normalized spacial score (nSPS) is 18.8. The summed E-state index contributed by atoms with van der Waals surface area (Å²) in [6.07, 6.45) is 7.01. The van der Waals surface area contributed by atoms with Crippen molar-refractivity contribution in [2.24, 2.45) is 7.05 Å². The van der Waals surface area contributed by atoms with Gasteiger partial charge in [0, 0.05) is 19.4 Å². The highest BCUT2D eigenvalue weighted by atomic mass is 16.2. The lowest BCUT2D eigenvalue weighted by atomic mass is 9.99. The molecule has 1 aliphatic rings. The molecule has 3 heterocycles. The molecule has 0 unspecified atom stereocenters. The van der Waals surface area contributed by atoms with Crippen molar-refractivity contribution < 1.29 is 4.79 Å². The second kappa shape index (κ2) is 6.91. The fraction of sp³-hybridized carbons (Fsp3) is 0.471. The summed E-state index contributed by atoms with van der Waals surface area (Å²) in [5.74, 6) is 0.00364. The predicted octanol–water partition coefficient (Wildman–Crippen LogP) is 2.29. The van der Waals surface area contributed by atoms with E-state index >= 15 is 0 Å². The molecule has 0 saturated carbocycles. The van der Waals surface area contributed by atoms with Gasteiger partial charge in [0.25, 0.3) is 0 Å². The van der Waals surface area contributed by atoms with E-state index in [1.165, 1.54) is 6.42 Å². The van der Waals surface area contributed by atoms with Crippen molar-refractivity contribution in [1.82, 2.24) is 19.7 Å². The van der Waals surface area contributed by atoms with Gasteiger partial charge in [-0.3, -0.25) is 19.4 Å². The SMILES string of the molecule is Cc1nn(C)cc1NC(=O)CN1CCCC[C@@H]1c1ccccn1. The van der Waals surface area contributed by atoms with Gasteiger partial charge >= 0.3 is 0 Å². The van der Waals surface area contributed by atoms with Crippen LogP contribution in [-0.4, -0.2) is 38.7 Å². The number of anilines is 1. The summed E-state index contributed by atoms with van der Waals surface area (Å²) in [4.78, 5) is 19.1. The number of carbonyl (C=O) groups excluding carboxylic acids is 1.